The van der Waals surface area contributed by atoms with Crippen molar-refractivity contribution >= 4 is 39.2 Å². The van der Waals surface area contributed by atoms with Gasteiger partial charge < -0.3 is 0 Å². The molecule has 1 rings (SSSR count). The first-order valence-corrected chi connectivity index (χ1v) is 11.2. The van der Waals surface area contributed by atoms with Gasteiger partial charge >= 0.3 is 113 Å². The van der Waals surface area contributed by atoms with Crippen LogP contribution >= 0.6 is 11.8 Å². The van der Waals surface area contributed by atoms with Gasteiger partial charge in [0, 0.05) is 0 Å². The van der Waals surface area contributed by atoms with Crippen LogP contribution < -0.4 is 0 Å². The number of hydrogen-bond acceptors (Lipinski definition) is 1. The first-order valence-electron chi connectivity index (χ1n) is 5.62. The summed E-state index contributed by atoms with van der Waals surface area (Å²) in [6.45, 7) is 9.41. The van der Waals surface area contributed by atoms with E-state index in [0.717, 1.165) is 0 Å². The topological polar surface area (TPSA) is 0 Å². The van der Waals surface area contributed by atoms with Crippen molar-refractivity contribution in [3.8, 4) is 0 Å². The molecule has 0 saturated heterocycles. The minimum absolute atomic E-state index is 0.882. The third kappa shape index (κ3) is 5.49. The molecule has 16 heavy (non-hydrogen) atoms. The van der Waals surface area contributed by atoms with Gasteiger partial charge in [-0.2, -0.15) is 0 Å². The second-order valence-electron chi connectivity index (χ2n) is 5.31. The molecule has 3 heteroatoms. The van der Waals surface area contributed by atoms with E-state index in [1.165, 1.54) is 26.7 Å². The van der Waals surface area contributed by atoms with Crippen LogP contribution in [0.4, 0.5) is 0 Å². The molecule has 0 atom stereocenters. The van der Waals surface area contributed by atoms with E-state index < -0.39 is 8.07 Å². The Labute approximate surface area is 113 Å². The standard InChI is InChI=1S/C13H20SSeSi/c1-11-5-7-12(8-6-11)13(15)14-9-10-16(2,3)4/h5-8H,9-10H2,1-4H3. The average molecular weight is 315 g/mol. The van der Waals surface area contributed by atoms with Crippen molar-refractivity contribution in [2.75, 3.05) is 5.75 Å². The van der Waals surface area contributed by atoms with Crippen molar-refractivity contribution in [2.45, 2.75) is 32.6 Å². The number of hydrogen-bond donors (Lipinski definition) is 0. The van der Waals surface area contributed by atoms with Crippen molar-refractivity contribution in [3.05, 3.63) is 35.4 Å². The van der Waals surface area contributed by atoms with Crippen LogP contribution in [0.25, 0.3) is 0 Å². The summed E-state index contributed by atoms with van der Waals surface area (Å²) in [7, 11) is -0.882. The molecule has 0 fully saturated rings. The van der Waals surface area contributed by atoms with Crippen molar-refractivity contribution in [3.63, 3.8) is 0 Å². The maximum absolute atomic E-state index is 3.19. The van der Waals surface area contributed by atoms with E-state index >= 15 is 0 Å². The normalized spacial score (nSPS) is 11.5. The Morgan fingerprint density at radius 1 is 1.19 bits per heavy atom. The third-order valence-electron chi connectivity index (χ3n) is 2.37. The molecule has 0 spiro atoms. The van der Waals surface area contributed by atoms with E-state index in [-0.39, 0.29) is 0 Å². The van der Waals surface area contributed by atoms with E-state index in [2.05, 4.69) is 66.4 Å². The first-order chi connectivity index (χ1) is 7.38. The summed E-state index contributed by atoms with van der Waals surface area (Å²) in [5, 5.41) is 0. The molecule has 0 aliphatic rings. The number of benzene rings is 1. The summed E-state index contributed by atoms with van der Waals surface area (Å²) in [5.41, 5.74) is 2.65. The molecule has 0 aromatic heterocycles. The monoisotopic (exact) mass is 316 g/mol. The summed E-state index contributed by atoms with van der Waals surface area (Å²) >= 11 is 5.15. The third-order valence-corrected chi connectivity index (χ3v) is 6.63. The van der Waals surface area contributed by atoms with E-state index in [4.69, 9.17) is 0 Å². The molecule has 0 saturated carbocycles. The molecule has 88 valence electrons. The van der Waals surface area contributed by atoms with Gasteiger partial charge in [0.05, 0.1) is 0 Å². The number of aryl methyl sites for hydroxylation is 1. The molecule has 0 amide bonds. The molecular formula is C13H20SSeSi. The fourth-order valence-electron chi connectivity index (χ4n) is 1.22. The molecule has 0 radical (unpaired) electrons. The predicted octanol–water partition coefficient (Wildman–Crippen LogP) is 3.71. The Morgan fingerprint density at radius 2 is 1.75 bits per heavy atom. The fourth-order valence-corrected chi connectivity index (χ4v) is 5.38. The molecule has 1 aromatic carbocycles. The van der Waals surface area contributed by atoms with Crippen LogP contribution in [0.15, 0.2) is 24.3 Å². The first kappa shape index (κ1) is 14.2. The summed E-state index contributed by atoms with van der Waals surface area (Å²) in [6.07, 6.45) is 0. The molecule has 0 bridgehead atoms. The zero-order valence-electron chi connectivity index (χ0n) is 10.5. The fraction of sp³-hybridized carbons (Fsp3) is 0.462. The van der Waals surface area contributed by atoms with Gasteiger partial charge in [0.1, 0.15) is 0 Å². The minimum atomic E-state index is -0.882. The van der Waals surface area contributed by atoms with Gasteiger partial charge in [-0.05, 0) is 0 Å². The van der Waals surface area contributed by atoms with Gasteiger partial charge in [-0.15, -0.1) is 0 Å². The summed E-state index contributed by atoms with van der Waals surface area (Å²) in [6, 6.07) is 10.1. The van der Waals surface area contributed by atoms with E-state index in [1.807, 2.05) is 11.8 Å². The van der Waals surface area contributed by atoms with Crippen molar-refractivity contribution in [1.82, 2.24) is 0 Å². The van der Waals surface area contributed by atoms with Crippen LogP contribution in [0.2, 0.25) is 25.7 Å². The molecule has 1 aromatic rings. The summed E-state index contributed by atoms with van der Waals surface area (Å²) in [5.74, 6) is 1.24. The second-order valence-corrected chi connectivity index (χ2v) is 13.5. The molecule has 0 aliphatic carbocycles. The van der Waals surface area contributed by atoms with Gasteiger partial charge in [0.15, 0.2) is 0 Å². The zero-order chi connectivity index (χ0) is 12.2. The predicted molar refractivity (Wildman–Crippen MR) is 81.7 cm³/mol. The molecule has 0 heterocycles. The number of rotatable bonds is 5. The molecule has 0 N–H and O–H groups in total. The van der Waals surface area contributed by atoms with Gasteiger partial charge in [-0.3, -0.25) is 0 Å². The van der Waals surface area contributed by atoms with Gasteiger partial charge in [-0.1, -0.05) is 0 Å². The summed E-state index contributed by atoms with van der Waals surface area (Å²) < 4.78 is 1.33. The molecule has 0 unspecified atom stereocenters. The maximum atomic E-state index is 3.19. The van der Waals surface area contributed by atoms with Crippen LogP contribution in [0.3, 0.4) is 0 Å². The van der Waals surface area contributed by atoms with Crippen LogP contribution in [0, 0.1) is 6.92 Å². The Hall–Kier alpha value is 0.176. The van der Waals surface area contributed by atoms with Gasteiger partial charge in [0.2, 0.25) is 0 Å². The molecule has 0 aliphatic heterocycles. The Bertz CT molecular complexity index is 351. The number of thioether (sulfide) groups is 1. The van der Waals surface area contributed by atoms with E-state index in [9.17, 15) is 0 Å². The van der Waals surface area contributed by atoms with Crippen LogP contribution in [-0.2, 0) is 0 Å². The van der Waals surface area contributed by atoms with E-state index in [0.29, 0.717) is 0 Å². The van der Waals surface area contributed by atoms with Gasteiger partial charge in [0.25, 0.3) is 0 Å². The quantitative estimate of drug-likeness (QED) is 0.747. The van der Waals surface area contributed by atoms with Crippen molar-refractivity contribution in [2.24, 2.45) is 0 Å². The van der Waals surface area contributed by atoms with Crippen molar-refractivity contribution in [1.29, 1.82) is 0 Å². The van der Waals surface area contributed by atoms with Crippen LogP contribution in [-0.4, -0.2) is 33.2 Å². The average Bonchev–Trinajstić information content (AvgIpc) is 2.16. The zero-order valence-corrected chi connectivity index (χ0v) is 14.1. The molecule has 0 nitrogen and oxygen atoms in total. The van der Waals surface area contributed by atoms with E-state index in [1.54, 1.807) is 0 Å². The Morgan fingerprint density at radius 3 is 2.25 bits per heavy atom. The SMILES string of the molecule is Cc1ccc(C(=[Se])SCC[Si](C)(C)C)cc1. The Kier molecular flexibility index (Phi) is 5.52. The van der Waals surface area contributed by atoms with Gasteiger partial charge in [-0.25, -0.2) is 0 Å². The second kappa shape index (κ2) is 6.20. The Balaban J connectivity index is 2.44. The van der Waals surface area contributed by atoms with Crippen LogP contribution in [0.1, 0.15) is 11.1 Å². The summed E-state index contributed by atoms with van der Waals surface area (Å²) in [4.78, 5) is 0. The molecular weight excluding hydrogens is 295 g/mol. The van der Waals surface area contributed by atoms with Crippen LogP contribution in [0.5, 0.6) is 0 Å². The van der Waals surface area contributed by atoms with Crippen molar-refractivity contribution < 1.29 is 0 Å².